The van der Waals surface area contributed by atoms with Gasteiger partial charge in [0, 0.05) is 69.1 Å². The predicted octanol–water partition coefficient (Wildman–Crippen LogP) is 12.2. The highest BCUT2D eigenvalue weighted by Gasteiger charge is 2.43. The average molecular weight is 788 g/mol. The molecule has 2 atom stereocenters. The summed E-state index contributed by atoms with van der Waals surface area (Å²) in [6, 6.07) is 40.6. The van der Waals surface area contributed by atoms with Gasteiger partial charge in [0.15, 0.2) is 5.75 Å². The van der Waals surface area contributed by atoms with Crippen LogP contribution in [0.3, 0.4) is 0 Å². The van der Waals surface area contributed by atoms with Crippen LogP contribution in [0.4, 0.5) is 11.4 Å². The van der Waals surface area contributed by atoms with Gasteiger partial charge in [-0.3, -0.25) is 4.79 Å². The summed E-state index contributed by atoms with van der Waals surface area (Å²) in [5, 5.41) is 12.3. The lowest BCUT2D eigenvalue weighted by Gasteiger charge is -2.39. The summed E-state index contributed by atoms with van der Waals surface area (Å²) in [5.74, 6) is 2.27. The first-order valence-electron chi connectivity index (χ1n) is 19.4. The maximum Gasteiger partial charge on any atom is 0.255 e. The van der Waals surface area contributed by atoms with E-state index in [-0.39, 0.29) is 11.8 Å². The Kier molecular flexibility index (Phi) is 7.75. The van der Waals surface area contributed by atoms with Crippen molar-refractivity contribution in [2.24, 2.45) is 5.92 Å². The van der Waals surface area contributed by atoms with E-state index in [0.29, 0.717) is 39.3 Å². The SMILES string of the molecule is CCn1c2ccc(-c3ccccc3)cc2c2cc3c(cc21)OC1=C(Cl)C2Nc4cc5c6cc(NC(=O)c7ccccc7)ccc6n(CC)c5cc4OC2=C(Cl)C1C3. The summed E-state index contributed by atoms with van der Waals surface area (Å²) in [5.41, 5.74) is 9.98. The molecule has 2 aliphatic heterocycles. The Bertz CT molecular complexity index is 3070. The zero-order valence-electron chi connectivity index (χ0n) is 31.2. The molecule has 8 aromatic rings. The van der Waals surface area contributed by atoms with Crippen molar-refractivity contribution in [2.45, 2.75) is 39.4 Å². The Labute approximate surface area is 338 Å². The number of hydrogen-bond acceptors (Lipinski definition) is 4. The number of hydrogen-bond donors (Lipinski definition) is 2. The number of carbonyl (C=O) groups excluding carboxylic acids is 1. The number of amides is 1. The minimum atomic E-state index is -0.514. The highest BCUT2D eigenvalue weighted by Crippen LogP contribution is 2.51. The first-order valence-corrected chi connectivity index (χ1v) is 20.2. The van der Waals surface area contributed by atoms with Crippen LogP contribution in [-0.4, -0.2) is 21.1 Å². The molecule has 11 rings (SSSR count). The molecule has 280 valence electrons. The predicted molar refractivity (Wildman–Crippen MR) is 232 cm³/mol. The van der Waals surface area contributed by atoms with E-state index in [1.165, 1.54) is 27.4 Å². The van der Waals surface area contributed by atoms with Crippen LogP contribution >= 0.6 is 23.2 Å². The normalized spacial score (nSPS) is 17.2. The number of ether oxygens (including phenoxy) is 2. The smallest absolute Gasteiger partial charge is 0.255 e. The highest BCUT2D eigenvalue weighted by molar-refractivity contribution is 6.34. The van der Waals surface area contributed by atoms with E-state index in [1.54, 1.807) is 12.1 Å². The van der Waals surface area contributed by atoms with E-state index in [9.17, 15) is 4.79 Å². The molecule has 0 saturated heterocycles. The van der Waals surface area contributed by atoms with Crippen molar-refractivity contribution in [3.63, 3.8) is 0 Å². The van der Waals surface area contributed by atoms with Crippen molar-refractivity contribution in [3.05, 3.63) is 154 Å². The minimum absolute atomic E-state index is 0.154. The number of anilines is 2. The number of rotatable bonds is 5. The number of carbonyl (C=O) groups is 1. The molecule has 6 aromatic carbocycles. The van der Waals surface area contributed by atoms with Crippen LogP contribution < -0.4 is 20.1 Å². The zero-order valence-corrected chi connectivity index (χ0v) is 32.7. The largest absolute Gasteiger partial charge is 0.459 e. The van der Waals surface area contributed by atoms with Crippen molar-refractivity contribution < 1.29 is 14.3 Å². The van der Waals surface area contributed by atoms with Crippen LogP contribution in [-0.2, 0) is 19.5 Å². The molecular weight excluding hydrogens is 751 g/mol. The molecule has 7 nitrogen and oxygen atoms in total. The number of aromatic nitrogens is 2. The summed E-state index contributed by atoms with van der Waals surface area (Å²) >= 11 is 14.6. The van der Waals surface area contributed by atoms with Gasteiger partial charge in [0.05, 0.1) is 32.7 Å². The van der Waals surface area contributed by atoms with Crippen LogP contribution in [0.25, 0.3) is 54.7 Å². The average Bonchev–Trinajstić information content (AvgIpc) is 3.73. The summed E-state index contributed by atoms with van der Waals surface area (Å²) in [4.78, 5) is 13.0. The van der Waals surface area contributed by atoms with E-state index in [1.807, 2.05) is 36.4 Å². The molecule has 2 unspecified atom stereocenters. The van der Waals surface area contributed by atoms with Gasteiger partial charge in [-0.05, 0) is 91.6 Å². The number of nitrogens with zero attached hydrogens (tertiary/aromatic N) is 2. The van der Waals surface area contributed by atoms with Gasteiger partial charge in [0.1, 0.15) is 23.3 Å². The summed E-state index contributed by atoms with van der Waals surface area (Å²) < 4.78 is 18.1. The van der Waals surface area contributed by atoms with Crippen molar-refractivity contribution >= 4 is 84.1 Å². The maximum absolute atomic E-state index is 13.0. The van der Waals surface area contributed by atoms with E-state index < -0.39 is 6.04 Å². The Morgan fingerprint density at radius 3 is 2.04 bits per heavy atom. The van der Waals surface area contributed by atoms with E-state index >= 15 is 0 Å². The molecule has 0 spiro atoms. The molecule has 0 radical (unpaired) electrons. The molecule has 0 fully saturated rings. The van der Waals surface area contributed by atoms with Crippen molar-refractivity contribution in [1.82, 2.24) is 9.13 Å². The Morgan fingerprint density at radius 1 is 0.667 bits per heavy atom. The number of aryl methyl sites for hydroxylation is 2. The fourth-order valence-corrected chi connectivity index (χ4v) is 9.76. The van der Waals surface area contributed by atoms with E-state index in [2.05, 4.69) is 106 Å². The molecule has 3 aliphatic rings. The van der Waals surface area contributed by atoms with Gasteiger partial charge >= 0.3 is 0 Å². The van der Waals surface area contributed by atoms with Gasteiger partial charge in [-0.25, -0.2) is 0 Å². The molecule has 1 amide bonds. The second kappa shape index (κ2) is 12.9. The second-order valence-electron chi connectivity index (χ2n) is 14.9. The quantitative estimate of drug-likeness (QED) is 0.182. The standard InChI is InChI=1S/C48H36Cl2N4O3/c1-3-53-37-17-15-28(26-11-7-5-8-12-26)19-31(37)32-20-29-21-35-43(49)47-45(44(50)46(35)56-41(29)24-39(32)53)52-36-23-34-33-22-30(51-48(55)27-13-9-6-10-14-27)16-18-38(33)54(4-2)40(34)25-42(36)57-47/h5-20,22-25,35,45,52H,3-4,21H2,1-2H3,(H,51,55). The number of allylic oxidation sites excluding steroid dienone is 1. The van der Waals surface area contributed by atoms with Gasteiger partial charge in [-0.1, -0.05) is 77.8 Å². The molecule has 4 heterocycles. The third-order valence-corrected chi connectivity index (χ3v) is 12.7. The molecule has 1 aliphatic carbocycles. The van der Waals surface area contributed by atoms with Gasteiger partial charge in [0.2, 0.25) is 0 Å². The van der Waals surface area contributed by atoms with Gasteiger partial charge < -0.3 is 29.2 Å². The third kappa shape index (κ3) is 5.22. The molecule has 0 saturated carbocycles. The van der Waals surface area contributed by atoms with E-state index in [4.69, 9.17) is 32.7 Å². The summed E-state index contributed by atoms with van der Waals surface area (Å²) in [6.07, 6.45) is 0.630. The Hall–Kier alpha value is -6.15. The van der Waals surface area contributed by atoms with Crippen molar-refractivity contribution in [2.75, 3.05) is 10.6 Å². The fraction of sp³-hybridized carbons (Fsp3) is 0.146. The summed E-state index contributed by atoms with van der Waals surface area (Å²) in [7, 11) is 0. The number of fused-ring (bicyclic) bond motifs is 10. The number of halogens is 2. The van der Waals surface area contributed by atoms with Gasteiger partial charge in [0.25, 0.3) is 5.91 Å². The molecular formula is C48H36Cl2N4O3. The highest BCUT2D eigenvalue weighted by atomic mass is 35.5. The van der Waals surface area contributed by atoms with Crippen molar-refractivity contribution in [1.29, 1.82) is 0 Å². The zero-order chi connectivity index (χ0) is 38.5. The number of benzene rings is 6. The second-order valence-corrected chi connectivity index (χ2v) is 15.8. The van der Waals surface area contributed by atoms with Crippen LogP contribution in [0.15, 0.2) is 143 Å². The Balaban J connectivity index is 0.968. The first-order chi connectivity index (χ1) is 27.9. The minimum Gasteiger partial charge on any atom is -0.459 e. The lowest BCUT2D eigenvalue weighted by Crippen LogP contribution is -2.38. The maximum atomic E-state index is 13.0. The fourth-order valence-electron chi connectivity index (χ4n) is 9.11. The van der Waals surface area contributed by atoms with Crippen LogP contribution in [0.5, 0.6) is 11.5 Å². The van der Waals surface area contributed by atoms with Crippen LogP contribution in [0.1, 0.15) is 29.8 Å². The van der Waals surface area contributed by atoms with Gasteiger partial charge in [-0.2, -0.15) is 0 Å². The van der Waals surface area contributed by atoms with Crippen molar-refractivity contribution in [3.8, 4) is 22.6 Å². The summed E-state index contributed by atoms with van der Waals surface area (Å²) in [6.45, 7) is 5.88. The lowest BCUT2D eigenvalue weighted by atomic mass is 9.86. The van der Waals surface area contributed by atoms with E-state index in [0.717, 1.165) is 63.1 Å². The monoisotopic (exact) mass is 786 g/mol. The molecule has 9 heteroatoms. The van der Waals surface area contributed by atoms with Crippen LogP contribution in [0.2, 0.25) is 0 Å². The van der Waals surface area contributed by atoms with Gasteiger partial charge in [-0.15, -0.1) is 0 Å². The Morgan fingerprint density at radius 2 is 1.30 bits per heavy atom. The molecule has 2 aromatic heterocycles. The topological polar surface area (TPSA) is 69.5 Å². The molecule has 2 N–H and O–H groups in total. The van der Waals surface area contributed by atoms with Crippen LogP contribution in [0, 0.1) is 5.92 Å². The third-order valence-electron chi connectivity index (χ3n) is 11.8. The molecule has 0 bridgehead atoms. The lowest BCUT2D eigenvalue weighted by molar-refractivity contribution is 0.102. The number of nitrogens with one attached hydrogen (secondary N) is 2. The first kappa shape index (κ1) is 34.1. The molecule has 57 heavy (non-hydrogen) atoms.